The topological polar surface area (TPSA) is 58.4 Å². The Balaban J connectivity index is 1.23. The fourth-order valence-electron chi connectivity index (χ4n) is 5.29. The van der Waals surface area contributed by atoms with Gasteiger partial charge in [-0.3, -0.25) is 9.69 Å². The second kappa shape index (κ2) is 9.52. The average Bonchev–Trinajstić information content (AvgIpc) is 3.19. The Labute approximate surface area is 196 Å². The molecular formula is C28H33N3O2. The maximum absolute atomic E-state index is 13.2. The number of benzene rings is 2. The Morgan fingerprint density at radius 1 is 1.12 bits per heavy atom. The normalized spacial score (nSPS) is 20.9. The molecule has 172 valence electrons. The maximum Gasteiger partial charge on any atom is 0.226 e. The number of carbonyl (C=O) groups is 1. The van der Waals surface area contributed by atoms with Crippen LogP contribution in [0.15, 0.2) is 52.9 Å². The molecule has 1 saturated heterocycles. The minimum absolute atomic E-state index is 0.0243. The Morgan fingerprint density at radius 3 is 2.88 bits per heavy atom. The Bertz CT molecular complexity index is 1140. The van der Waals surface area contributed by atoms with Gasteiger partial charge in [0.2, 0.25) is 11.8 Å². The van der Waals surface area contributed by atoms with E-state index in [0.717, 1.165) is 68.8 Å². The monoisotopic (exact) mass is 443 g/mol. The van der Waals surface area contributed by atoms with Gasteiger partial charge in [0.15, 0.2) is 0 Å². The largest absolute Gasteiger partial charge is 0.441 e. The van der Waals surface area contributed by atoms with Gasteiger partial charge in [-0.25, -0.2) is 4.98 Å². The summed E-state index contributed by atoms with van der Waals surface area (Å²) in [4.78, 5) is 20.3. The van der Waals surface area contributed by atoms with Gasteiger partial charge in [-0.2, -0.15) is 0 Å². The number of oxazole rings is 1. The molecule has 0 bridgehead atoms. The predicted molar refractivity (Wildman–Crippen MR) is 130 cm³/mol. The molecule has 3 aromatic rings. The molecule has 0 unspecified atom stereocenters. The van der Waals surface area contributed by atoms with Crippen LogP contribution < -0.4 is 5.32 Å². The van der Waals surface area contributed by atoms with Gasteiger partial charge < -0.3 is 9.73 Å². The number of likely N-dealkylation sites (tertiary alicyclic amines) is 1. The molecule has 5 rings (SSSR count). The summed E-state index contributed by atoms with van der Waals surface area (Å²) in [7, 11) is 0. The van der Waals surface area contributed by atoms with Crippen LogP contribution in [-0.2, 0) is 17.8 Å². The molecule has 1 aromatic heterocycles. The first-order valence-corrected chi connectivity index (χ1v) is 12.2. The fraction of sp³-hybridized carbons (Fsp3) is 0.429. The summed E-state index contributed by atoms with van der Waals surface area (Å²) in [6.07, 6.45) is 5.25. The molecule has 1 N–H and O–H groups in total. The van der Waals surface area contributed by atoms with E-state index in [1.54, 1.807) is 0 Å². The first kappa shape index (κ1) is 21.9. The highest BCUT2D eigenvalue weighted by molar-refractivity contribution is 5.79. The summed E-state index contributed by atoms with van der Waals surface area (Å²) in [5.74, 6) is 1.75. The molecule has 1 aliphatic carbocycles. The highest BCUT2D eigenvalue weighted by atomic mass is 16.4. The molecule has 0 saturated carbocycles. The maximum atomic E-state index is 13.2. The van der Waals surface area contributed by atoms with E-state index in [1.807, 2.05) is 19.1 Å². The van der Waals surface area contributed by atoms with Crippen LogP contribution in [0.3, 0.4) is 0 Å². The van der Waals surface area contributed by atoms with Gasteiger partial charge in [0.25, 0.3) is 0 Å². The number of nitrogens with one attached hydrogen (secondary N) is 1. The summed E-state index contributed by atoms with van der Waals surface area (Å²) >= 11 is 0. The highest BCUT2D eigenvalue weighted by Gasteiger charge is 2.29. The summed E-state index contributed by atoms with van der Waals surface area (Å²) < 4.78 is 5.99. The number of rotatable bonds is 5. The van der Waals surface area contributed by atoms with Crippen LogP contribution in [0.4, 0.5) is 0 Å². The zero-order valence-corrected chi connectivity index (χ0v) is 19.6. The standard InChI is InChI=1S/C28H33N3O2/c1-19-8-5-11-22(16-19)28-30-26(20(2)33-28)18-31-15-7-12-23(17-31)27(32)29-25-14-6-10-21-9-3-4-13-24(21)25/h3-5,8-9,11,13,16,23,25H,6-7,10,12,14-15,17-18H2,1-2H3,(H,29,32)/t23-,25-/m0/s1. The zero-order chi connectivity index (χ0) is 22.8. The van der Waals surface area contributed by atoms with Gasteiger partial charge in [0, 0.05) is 18.7 Å². The zero-order valence-electron chi connectivity index (χ0n) is 19.6. The third-order valence-corrected chi connectivity index (χ3v) is 7.09. The van der Waals surface area contributed by atoms with E-state index in [4.69, 9.17) is 9.40 Å². The molecule has 0 spiro atoms. The lowest BCUT2D eigenvalue weighted by Crippen LogP contribution is -2.44. The lowest BCUT2D eigenvalue weighted by molar-refractivity contribution is -0.127. The van der Waals surface area contributed by atoms with Crippen molar-refractivity contribution >= 4 is 5.91 Å². The van der Waals surface area contributed by atoms with Crippen LogP contribution in [0.1, 0.15) is 59.9 Å². The van der Waals surface area contributed by atoms with E-state index in [1.165, 1.54) is 16.7 Å². The molecule has 2 atom stereocenters. The molecule has 2 aliphatic rings. The van der Waals surface area contributed by atoms with Crippen molar-refractivity contribution in [2.24, 2.45) is 5.92 Å². The SMILES string of the molecule is Cc1cccc(-c2nc(CN3CCC[C@H](C(=O)N[C@H]4CCCc5ccccc54)C3)c(C)o2)c1. The molecule has 1 amide bonds. The molecule has 1 aliphatic heterocycles. The van der Waals surface area contributed by atoms with Crippen molar-refractivity contribution < 1.29 is 9.21 Å². The van der Waals surface area contributed by atoms with Crippen LogP contribution in [-0.4, -0.2) is 28.9 Å². The van der Waals surface area contributed by atoms with Crippen molar-refractivity contribution in [1.82, 2.24) is 15.2 Å². The number of hydrogen-bond acceptors (Lipinski definition) is 4. The van der Waals surface area contributed by atoms with Gasteiger partial charge >= 0.3 is 0 Å². The number of nitrogens with zero attached hydrogens (tertiary/aromatic N) is 2. The second-order valence-corrected chi connectivity index (χ2v) is 9.62. The number of hydrogen-bond donors (Lipinski definition) is 1. The van der Waals surface area contributed by atoms with E-state index >= 15 is 0 Å². The number of amides is 1. The van der Waals surface area contributed by atoms with Crippen molar-refractivity contribution in [3.63, 3.8) is 0 Å². The summed E-state index contributed by atoms with van der Waals surface area (Å²) in [5.41, 5.74) is 5.84. The number of carbonyl (C=O) groups excluding carboxylic acids is 1. The van der Waals surface area contributed by atoms with Crippen LogP contribution in [0.2, 0.25) is 0 Å². The highest BCUT2D eigenvalue weighted by Crippen LogP contribution is 2.30. The Morgan fingerprint density at radius 2 is 2.00 bits per heavy atom. The van der Waals surface area contributed by atoms with Crippen molar-refractivity contribution in [2.45, 2.75) is 58.5 Å². The average molecular weight is 444 g/mol. The van der Waals surface area contributed by atoms with E-state index in [2.05, 4.69) is 53.5 Å². The van der Waals surface area contributed by atoms with Gasteiger partial charge in [0.1, 0.15) is 5.76 Å². The fourth-order valence-corrected chi connectivity index (χ4v) is 5.29. The summed E-state index contributed by atoms with van der Waals surface area (Å²) in [6.45, 7) is 6.53. The van der Waals surface area contributed by atoms with Gasteiger partial charge in [-0.15, -0.1) is 0 Å². The van der Waals surface area contributed by atoms with Crippen LogP contribution >= 0.6 is 0 Å². The van der Waals surface area contributed by atoms with E-state index in [9.17, 15) is 4.79 Å². The second-order valence-electron chi connectivity index (χ2n) is 9.62. The Hall–Kier alpha value is -2.92. The molecule has 0 radical (unpaired) electrons. The molecule has 5 heteroatoms. The molecule has 33 heavy (non-hydrogen) atoms. The van der Waals surface area contributed by atoms with Gasteiger partial charge in [0.05, 0.1) is 17.7 Å². The lowest BCUT2D eigenvalue weighted by Gasteiger charge is -2.33. The van der Waals surface area contributed by atoms with Gasteiger partial charge in [-0.1, -0.05) is 42.0 Å². The van der Waals surface area contributed by atoms with E-state index in [-0.39, 0.29) is 17.9 Å². The van der Waals surface area contributed by atoms with Crippen molar-refractivity contribution in [3.05, 3.63) is 76.7 Å². The third kappa shape index (κ3) is 4.88. The van der Waals surface area contributed by atoms with Crippen LogP contribution in [0, 0.1) is 19.8 Å². The Kier molecular flexibility index (Phi) is 6.32. The number of piperidine rings is 1. The molecule has 1 fully saturated rings. The predicted octanol–water partition coefficient (Wildman–Crippen LogP) is 5.36. The quantitative estimate of drug-likeness (QED) is 0.576. The van der Waals surface area contributed by atoms with Crippen LogP contribution in [0.5, 0.6) is 0 Å². The first-order chi connectivity index (χ1) is 16.1. The van der Waals surface area contributed by atoms with E-state index in [0.29, 0.717) is 5.89 Å². The van der Waals surface area contributed by atoms with Crippen molar-refractivity contribution in [2.75, 3.05) is 13.1 Å². The molecular weight excluding hydrogens is 410 g/mol. The number of fused-ring (bicyclic) bond motifs is 1. The first-order valence-electron chi connectivity index (χ1n) is 12.2. The minimum Gasteiger partial charge on any atom is -0.441 e. The molecule has 5 nitrogen and oxygen atoms in total. The lowest BCUT2D eigenvalue weighted by atomic mass is 9.87. The summed E-state index contributed by atoms with van der Waals surface area (Å²) in [5, 5.41) is 3.37. The van der Waals surface area contributed by atoms with Crippen molar-refractivity contribution in [1.29, 1.82) is 0 Å². The third-order valence-electron chi connectivity index (χ3n) is 7.09. The molecule has 2 heterocycles. The number of aryl methyl sites for hydroxylation is 3. The van der Waals surface area contributed by atoms with E-state index < -0.39 is 0 Å². The van der Waals surface area contributed by atoms with Crippen molar-refractivity contribution in [3.8, 4) is 11.5 Å². The van der Waals surface area contributed by atoms with Crippen LogP contribution in [0.25, 0.3) is 11.5 Å². The molecule has 2 aromatic carbocycles. The smallest absolute Gasteiger partial charge is 0.226 e. The summed E-state index contributed by atoms with van der Waals surface area (Å²) in [6, 6.07) is 16.9. The minimum atomic E-state index is 0.0243. The number of aromatic nitrogens is 1. The van der Waals surface area contributed by atoms with Gasteiger partial charge in [-0.05, 0) is 75.8 Å².